The van der Waals surface area contributed by atoms with Gasteiger partial charge in [-0.3, -0.25) is 9.64 Å². The van der Waals surface area contributed by atoms with E-state index in [1.807, 2.05) is 4.90 Å². The Morgan fingerprint density at radius 2 is 2.14 bits per heavy atom. The largest absolute Gasteiger partial charge is 0.522 e. The van der Waals surface area contributed by atoms with Crippen molar-refractivity contribution in [3.8, 4) is 0 Å². The molecule has 0 N–H and O–H groups in total. The molecule has 0 aromatic carbocycles. The summed E-state index contributed by atoms with van der Waals surface area (Å²) in [5, 5.41) is 0.818. The van der Waals surface area contributed by atoms with Crippen molar-refractivity contribution in [2.75, 3.05) is 25.0 Å². The van der Waals surface area contributed by atoms with E-state index in [2.05, 4.69) is 20.7 Å². The van der Waals surface area contributed by atoms with Crippen LogP contribution in [0.1, 0.15) is 12.8 Å². The van der Waals surface area contributed by atoms with Crippen molar-refractivity contribution >= 4 is 15.9 Å². The van der Waals surface area contributed by atoms with Gasteiger partial charge in [0.15, 0.2) is 0 Å². The second-order valence-electron chi connectivity index (χ2n) is 3.28. The SMILES string of the molecule is FC(F)(F)OCCN1CCCC1CBr. The molecular formula is C8H13BrF3NO. The van der Waals surface area contributed by atoms with E-state index in [9.17, 15) is 13.2 Å². The minimum absolute atomic E-state index is 0.271. The van der Waals surface area contributed by atoms with Gasteiger partial charge in [-0.05, 0) is 19.4 Å². The minimum atomic E-state index is -4.50. The third-order valence-corrected chi connectivity index (χ3v) is 3.07. The van der Waals surface area contributed by atoms with Crippen LogP contribution in [-0.2, 0) is 4.74 Å². The number of likely N-dealkylation sites (tertiary alicyclic amines) is 1. The van der Waals surface area contributed by atoms with Gasteiger partial charge in [-0.25, -0.2) is 0 Å². The van der Waals surface area contributed by atoms with Crippen LogP contribution < -0.4 is 0 Å². The predicted molar refractivity (Wildman–Crippen MR) is 50.4 cm³/mol. The van der Waals surface area contributed by atoms with Crippen molar-refractivity contribution in [2.45, 2.75) is 25.2 Å². The second kappa shape index (κ2) is 5.32. The lowest BCUT2D eigenvalue weighted by molar-refractivity contribution is -0.325. The monoisotopic (exact) mass is 275 g/mol. The van der Waals surface area contributed by atoms with Crippen LogP contribution in [0.5, 0.6) is 0 Å². The number of rotatable bonds is 4. The van der Waals surface area contributed by atoms with Crippen LogP contribution in [0.15, 0.2) is 0 Å². The van der Waals surface area contributed by atoms with Crippen molar-refractivity contribution < 1.29 is 17.9 Å². The van der Waals surface area contributed by atoms with E-state index in [1.54, 1.807) is 0 Å². The first-order valence-corrected chi connectivity index (χ1v) is 5.66. The molecule has 1 aliphatic heterocycles. The maximum atomic E-state index is 11.7. The van der Waals surface area contributed by atoms with Crippen molar-refractivity contribution in [1.29, 1.82) is 0 Å². The smallest absolute Gasteiger partial charge is 0.297 e. The molecule has 1 unspecified atom stereocenters. The Hall–Kier alpha value is 0.190. The summed E-state index contributed by atoms with van der Waals surface area (Å²) in [5.74, 6) is 0. The van der Waals surface area contributed by atoms with Crippen LogP contribution in [0.2, 0.25) is 0 Å². The van der Waals surface area contributed by atoms with Gasteiger partial charge in [0.05, 0.1) is 6.61 Å². The van der Waals surface area contributed by atoms with Crippen LogP contribution in [-0.4, -0.2) is 42.3 Å². The minimum Gasteiger partial charge on any atom is -0.297 e. The van der Waals surface area contributed by atoms with Gasteiger partial charge in [-0.15, -0.1) is 13.2 Å². The Balaban J connectivity index is 2.18. The number of hydrogen-bond acceptors (Lipinski definition) is 2. The summed E-state index contributed by atoms with van der Waals surface area (Å²) in [6, 6.07) is 0.367. The molecule has 0 aromatic heterocycles. The molecule has 0 saturated carbocycles. The highest BCUT2D eigenvalue weighted by atomic mass is 79.9. The van der Waals surface area contributed by atoms with Crippen molar-refractivity contribution in [3.63, 3.8) is 0 Å². The first kappa shape index (κ1) is 12.3. The number of alkyl halides is 4. The average Bonchev–Trinajstić information content (AvgIpc) is 2.49. The standard InChI is InChI=1S/C8H13BrF3NO/c9-6-7-2-1-3-13(7)4-5-14-8(10,11)12/h7H,1-6H2. The lowest BCUT2D eigenvalue weighted by atomic mass is 10.2. The Morgan fingerprint density at radius 1 is 1.43 bits per heavy atom. The van der Waals surface area contributed by atoms with E-state index in [1.165, 1.54) is 0 Å². The molecule has 0 radical (unpaired) electrons. The summed E-state index contributed by atoms with van der Waals surface area (Å²) in [6.07, 6.45) is -2.39. The quantitative estimate of drug-likeness (QED) is 0.731. The van der Waals surface area contributed by atoms with Gasteiger partial charge in [-0.2, -0.15) is 0 Å². The highest BCUT2D eigenvalue weighted by molar-refractivity contribution is 9.09. The Labute approximate surface area is 89.5 Å². The summed E-state index contributed by atoms with van der Waals surface area (Å²) in [6.45, 7) is 0.959. The third kappa shape index (κ3) is 4.14. The van der Waals surface area contributed by atoms with Gasteiger partial charge in [0.1, 0.15) is 0 Å². The normalized spacial score (nSPS) is 24.4. The molecule has 84 valence electrons. The summed E-state index contributed by atoms with van der Waals surface area (Å²) >= 11 is 3.34. The molecule has 1 atom stereocenters. The predicted octanol–water partition coefficient (Wildman–Crippen LogP) is 2.38. The maximum Gasteiger partial charge on any atom is 0.522 e. The van der Waals surface area contributed by atoms with Crippen LogP contribution in [0.4, 0.5) is 13.2 Å². The highest BCUT2D eigenvalue weighted by Gasteiger charge is 2.30. The highest BCUT2D eigenvalue weighted by Crippen LogP contribution is 2.20. The fourth-order valence-corrected chi connectivity index (χ4v) is 2.38. The number of ether oxygens (including phenoxy) is 1. The van der Waals surface area contributed by atoms with Crippen LogP contribution in [0.25, 0.3) is 0 Å². The molecule has 1 heterocycles. The summed E-state index contributed by atoms with van der Waals surface area (Å²) < 4.78 is 38.7. The average molecular weight is 276 g/mol. The Morgan fingerprint density at radius 3 is 2.71 bits per heavy atom. The lowest BCUT2D eigenvalue weighted by Gasteiger charge is -2.22. The molecule has 1 fully saturated rings. The van der Waals surface area contributed by atoms with Gasteiger partial charge in [0.2, 0.25) is 0 Å². The number of halogens is 4. The van der Waals surface area contributed by atoms with E-state index < -0.39 is 6.36 Å². The second-order valence-corrected chi connectivity index (χ2v) is 3.93. The summed E-state index contributed by atoms with van der Waals surface area (Å²) in [7, 11) is 0. The van der Waals surface area contributed by atoms with E-state index in [4.69, 9.17) is 0 Å². The lowest BCUT2D eigenvalue weighted by Crippen LogP contribution is -2.34. The molecule has 0 aromatic rings. The zero-order valence-electron chi connectivity index (χ0n) is 7.69. The molecule has 6 heteroatoms. The molecular weight excluding hydrogens is 263 g/mol. The van der Waals surface area contributed by atoms with Crippen LogP contribution in [0.3, 0.4) is 0 Å². The first-order chi connectivity index (χ1) is 6.53. The molecule has 1 saturated heterocycles. The summed E-state index contributed by atoms with van der Waals surface area (Å²) in [5.41, 5.74) is 0. The maximum absolute atomic E-state index is 11.7. The van der Waals surface area contributed by atoms with E-state index in [0.717, 1.165) is 24.7 Å². The zero-order chi connectivity index (χ0) is 10.6. The molecule has 0 spiro atoms. The molecule has 1 rings (SSSR count). The van der Waals surface area contributed by atoms with E-state index in [-0.39, 0.29) is 6.61 Å². The zero-order valence-corrected chi connectivity index (χ0v) is 9.27. The van der Waals surface area contributed by atoms with E-state index in [0.29, 0.717) is 12.6 Å². The van der Waals surface area contributed by atoms with Gasteiger partial charge in [0.25, 0.3) is 0 Å². The van der Waals surface area contributed by atoms with Crippen molar-refractivity contribution in [1.82, 2.24) is 4.90 Å². The topological polar surface area (TPSA) is 12.5 Å². The van der Waals surface area contributed by atoms with Gasteiger partial charge < -0.3 is 0 Å². The van der Waals surface area contributed by atoms with Crippen LogP contribution in [0, 0.1) is 0 Å². The summed E-state index contributed by atoms with van der Waals surface area (Å²) in [4.78, 5) is 2.03. The van der Waals surface area contributed by atoms with Gasteiger partial charge in [-0.1, -0.05) is 15.9 Å². The molecule has 2 nitrogen and oxygen atoms in total. The molecule has 14 heavy (non-hydrogen) atoms. The molecule has 0 amide bonds. The number of hydrogen-bond donors (Lipinski definition) is 0. The van der Waals surface area contributed by atoms with E-state index >= 15 is 0 Å². The fourth-order valence-electron chi connectivity index (χ4n) is 1.64. The van der Waals surface area contributed by atoms with Crippen molar-refractivity contribution in [2.24, 2.45) is 0 Å². The van der Waals surface area contributed by atoms with Crippen LogP contribution >= 0.6 is 15.9 Å². The molecule has 1 aliphatic rings. The van der Waals surface area contributed by atoms with Gasteiger partial charge in [0, 0.05) is 17.9 Å². The third-order valence-electron chi connectivity index (χ3n) is 2.32. The Bertz CT molecular complexity index is 176. The fraction of sp³-hybridized carbons (Fsp3) is 1.00. The molecule has 0 bridgehead atoms. The number of nitrogens with zero attached hydrogens (tertiary/aromatic N) is 1. The molecule has 0 aliphatic carbocycles. The Kier molecular flexibility index (Phi) is 4.66. The van der Waals surface area contributed by atoms with Crippen molar-refractivity contribution in [3.05, 3.63) is 0 Å². The van der Waals surface area contributed by atoms with Gasteiger partial charge >= 0.3 is 6.36 Å². The first-order valence-electron chi connectivity index (χ1n) is 4.53.